The molecule has 0 saturated carbocycles. The first kappa shape index (κ1) is 12.7. The lowest BCUT2D eigenvalue weighted by atomic mass is 10.2. The zero-order chi connectivity index (χ0) is 11.8. The van der Waals surface area contributed by atoms with Gasteiger partial charge in [-0.1, -0.05) is 30.3 Å². The van der Waals surface area contributed by atoms with Crippen LogP contribution in [0.5, 0.6) is 0 Å². The van der Waals surface area contributed by atoms with Crippen LogP contribution in [-0.2, 0) is 11.3 Å². The lowest BCUT2D eigenvalue weighted by Gasteiger charge is -2.21. The van der Waals surface area contributed by atoms with Gasteiger partial charge in [-0.15, -0.1) is 0 Å². The summed E-state index contributed by atoms with van der Waals surface area (Å²) in [6.07, 6.45) is 0. The second-order valence-corrected chi connectivity index (χ2v) is 3.55. The van der Waals surface area contributed by atoms with E-state index in [9.17, 15) is 4.79 Å². The number of nitrogens with zero attached hydrogens (tertiary/aromatic N) is 1. The molecule has 2 N–H and O–H groups in total. The van der Waals surface area contributed by atoms with Crippen LogP contribution in [0.1, 0.15) is 5.56 Å². The standard InChI is InChI=1S/C12H18N2O2/c1-13-9-12(16)14(7-8-15)10-11-5-3-2-4-6-11/h2-6,13,15H,7-10H2,1H3. The number of aliphatic hydroxyl groups excluding tert-OH is 1. The average molecular weight is 222 g/mol. The topological polar surface area (TPSA) is 52.6 Å². The largest absolute Gasteiger partial charge is 0.395 e. The van der Waals surface area contributed by atoms with Gasteiger partial charge in [0.1, 0.15) is 0 Å². The van der Waals surface area contributed by atoms with Crippen LogP contribution in [0.2, 0.25) is 0 Å². The summed E-state index contributed by atoms with van der Waals surface area (Å²) >= 11 is 0. The molecule has 0 aromatic heterocycles. The summed E-state index contributed by atoms with van der Waals surface area (Å²) in [5.74, 6) is 0.000373. The van der Waals surface area contributed by atoms with Crippen molar-refractivity contribution in [2.24, 2.45) is 0 Å². The van der Waals surface area contributed by atoms with E-state index in [0.29, 0.717) is 19.6 Å². The minimum Gasteiger partial charge on any atom is -0.395 e. The molecule has 0 atom stereocenters. The van der Waals surface area contributed by atoms with Gasteiger partial charge in [0.05, 0.1) is 13.2 Å². The fourth-order valence-electron chi connectivity index (χ4n) is 1.48. The molecule has 0 unspecified atom stereocenters. The molecule has 4 heteroatoms. The zero-order valence-electron chi connectivity index (χ0n) is 9.52. The van der Waals surface area contributed by atoms with E-state index in [0.717, 1.165) is 5.56 Å². The van der Waals surface area contributed by atoms with Gasteiger partial charge in [-0.05, 0) is 12.6 Å². The van der Waals surface area contributed by atoms with Crippen molar-refractivity contribution >= 4 is 5.91 Å². The lowest BCUT2D eigenvalue weighted by molar-refractivity contribution is -0.131. The minimum absolute atomic E-state index is 0.000373. The molecule has 1 amide bonds. The van der Waals surface area contributed by atoms with Crippen LogP contribution in [0.15, 0.2) is 30.3 Å². The molecule has 0 radical (unpaired) electrons. The quantitative estimate of drug-likeness (QED) is 0.724. The summed E-state index contributed by atoms with van der Waals surface area (Å²) in [4.78, 5) is 13.3. The summed E-state index contributed by atoms with van der Waals surface area (Å²) in [6.45, 7) is 1.20. The van der Waals surface area contributed by atoms with Crippen molar-refractivity contribution in [2.45, 2.75) is 6.54 Å². The maximum atomic E-state index is 11.7. The molecule has 1 aromatic carbocycles. The van der Waals surface area contributed by atoms with Gasteiger partial charge in [0, 0.05) is 13.1 Å². The lowest BCUT2D eigenvalue weighted by Crippen LogP contribution is -2.38. The molecule has 0 aliphatic carbocycles. The second kappa shape index (κ2) is 6.98. The first-order valence-electron chi connectivity index (χ1n) is 5.35. The Labute approximate surface area is 95.9 Å². The van der Waals surface area contributed by atoms with E-state index in [4.69, 9.17) is 5.11 Å². The number of benzene rings is 1. The van der Waals surface area contributed by atoms with Gasteiger partial charge in [0.25, 0.3) is 0 Å². The smallest absolute Gasteiger partial charge is 0.236 e. The highest BCUT2D eigenvalue weighted by molar-refractivity contribution is 5.78. The van der Waals surface area contributed by atoms with Crippen molar-refractivity contribution in [3.8, 4) is 0 Å². The molecule has 0 heterocycles. The Morgan fingerprint density at radius 1 is 1.38 bits per heavy atom. The molecule has 4 nitrogen and oxygen atoms in total. The molecule has 88 valence electrons. The zero-order valence-corrected chi connectivity index (χ0v) is 9.52. The van der Waals surface area contributed by atoms with Gasteiger partial charge in [0.2, 0.25) is 5.91 Å². The second-order valence-electron chi connectivity index (χ2n) is 3.55. The Hall–Kier alpha value is -1.39. The van der Waals surface area contributed by atoms with Crippen LogP contribution in [0.25, 0.3) is 0 Å². The van der Waals surface area contributed by atoms with Gasteiger partial charge in [0.15, 0.2) is 0 Å². The Morgan fingerprint density at radius 2 is 2.06 bits per heavy atom. The number of nitrogens with one attached hydrogen (secondary N) is 1. The molecular formula is C12H18N2O2. The Bertz CT molecular complexity index is 314. The van der Waals surface area contributed by atoms with Crippen LogP contribution >= 0.6 is 0 Å². The minimum atomic E-state index is -0.0116. The predicted molar refractivity (Wildman–Crippen MR) is 62.9 cm³/mol. The fourth-order valence-corrected chi connectivity index (χ4v) is 1.48. The van der Waals surface area contributed by atoms with E-state index in [1.807, 2.05) is 30.3 Å². The van der Waals surface area contributed by atoms with Crippen LogP contribution in [0.3, 0.4) is 0 Å². The summed E-state index contributed by atoms with van der Waals surface area (Å²) in [5, 5.41) is 11.7. The summed E-state index contributed by atoms with van der Waals surface area (Å²) < 4.78 is 0. The molecule has 16 heavy (non-hydrogen) atoms. The molecule has 0 fully saturated rings. The predicted octanol–water partition coefficient (Wildman–Crippen LogP) is 0.227. The number of carbonyl (C=O) groups is 1. The van der Waals surface area contributed by atoms with Gasteiger partial charge < -0.3 is 15.3 Å². The van der Waals surface area contributed by atoms with Crippen molar-refractivity contribution in [3.05, 3.63) is 35.9 Å². The third kappa shape index (κ3) is 4.00. The molecule has 1 rings (SSSR count). The van der Waals surface area contributed by atoms with Crippen molar-refractivity contribution < 1.29 is 9.90 Å². The first-order chi connectivity index (χ1) is 7.77. The summed E-state index contributed by atoms with van der Waals surface area (Å²) in [6, 6.07) is 9.76. The number of hydrogen-bond donors (Lipinski definition) is 2. The number of aliphatic hydroxyl groups is 1. The number of hydrogen-bond acceptors (Lipinski definition) is 3. The molecule has 0 aliphatic rings. The van der Waals surface area contributed by atoms with Gasteiger partial charge >= 0.3 is 0 Å². The van der Waals surface area contributed by atoms with Crippen LogP contribution in [0, 0.1) is 0 Å². The van der Waals surface area contributed by atoms with Crippen molar-refractivity contribution in [3.63, 3.8) is 0 Å². The average Bonchev–Trinajstić information content (AvgIpc) is 2.30. The SMILES string of the molecule is CNCC(=O)N(CCO)Cc1ccccc1. The molecular weight excluding hydrogens is 204 g/mol. The number of likely N-dealkylation sites (N-methyl/N-ethyl adjacent to an activating group) is 1. The van der Waals surface area contributed by atoms with E-state index in [1.165, 1.54) is 0 Å². The molecule has 1 aromatic rings. The highest BCUT2D eigenvalue weighted by Gasteiger charge is 2.11. The van der Waals surface area contributed by atoms with Crippen molar-refractivity contribution in [1.82, 2.24) is 10.2 Å². The van der Waals surface area contributed by atoms with E-state index in [2.05, 4.69) is 5.32 Å². The first-order valence-corrected chi connectivity index (χ1v) is 5.35. The van der Waals surface area contributed by atoms with Crippen LogP contribution < -0.4 is 5.32 Å². The van der Waals surface area contributed by atoms with E-state index >= 15 is 0 Å². The maximum Gasteiger partial charge on any atom is 0.236 e. The van der Waals surface area contributed by atoms with E-state index < -0.39 is 0 Å². The third-order valence-electron chi connectivity index (χ3n) is 2.27. The third-order valence-corrected chi connectivity index (χ3v) is 2.27. The van der Waals surface area contributed by atoms with Crippen LogP contribution in [0.4, 0.5) is 0 Å². The van der Waals surface area contributed by atoms with Gasteiger partial charge in [-0.2, -0.15) is 0 Å². The monoisotopic (exact) mass is 222 g/mol. The fraction of sp³-hybridized carbons (Fsp3) is 0.417. The molecule has 0 spiro atoms. The van der Waals surface area contributed by atoms with E-state index in [1.54, 1.807) is 11.9 Å². The number of carbonyl (C=O) groups excluding carboxylic acids is 1. The van der Waals surface area contributed by atoms with E-state index in [-0.39, 0.29) is 12.5 Å². The molecule has 0 aliphatic heterocycles. The highest BCUT2D eigenvalue weighted by atomic mass is 16.3. The number of amides is 1. The Morgan fingerprint density at radius 3 is 2.62 bits per heavy atom. The van der Waals surface area contributed by atoms with Crippen molar-refractivity contribution in [2.75, 3.05) is 26.7 Å². The molecule has 0 saturated heterocycles. The Kier molecular flexibility index (Phi) is 5.53. The maximum absolute atomic E-state index is 11.7. The van der Waals surface area contributed by atoms with Gasteiger partial charge in [-0.25, -0.2) is 0 Å². The summed E-state index contributed by atoms with van der Waals surface area (Å²) in [5.41, 5.74) is 1.07. The normalized spacial score (nSPS) is 10.1. The highest BCUT2D eigenvalue weighted by Crippen LogP contribution is 2.04. The Balaban J connectivity index is 2.60. The van der Waals surface area contributed by atoms with Gasteiger partial charge in [-0.3, -0.25) is 4.79 Å². The van der Waals surface area contributed by atoms with Crippen molar-refractivity contribution in [1.29, 1.82) is 0 Å². The van der Waals surface area contributed by atoms with Crippen LogP contribution in [-0.4, -0.2) is 42.7 Å². The number of rotatable bonds is 6. The summed E-state index contributed by atoms with van der Waals surface area (Å²) in [7, 11) is 1.73. The molecule has 0 bridgehead atoms.